The van der Waals surface area contributed by atoms with E-state index in [1.807, 2.05) is 0 Å². The molecular formula is C73H51NOSi. The van der Waals surface area contributed by atoms with E-state index in [-0.39, 0.29) is 0 Å². The van der Waals surface area contributed by atoms with E-state index < -0.39 is 13.5 Å². The number of ether oxygens (including phenoxy) is 1. The molecule has 2 heterocycles. The highest BCUT2D eigenvalue weighted by molar-refractivity contribution is 7.20. The monoisotopic (exact) mass is 985 g/mol. The summed E-state index contributed by atoms with van der Waals surface area (Å²) < 4.78 is 6.84. The van der Waals surface area contributed by atoms with Crippen LogP contribution < -0.4 is 30.4 Å². The van der Waals surface area contributed by atoms with Crippen molar-refractivity contribution in [1.82, 2.24) is 0 Å². The Morgan fingerprint density at radius 2 is 0.618 bits per heavy atom. The Bertz CT molecular complexity index is 3960. The Morgan fingerprint density at radius 1 is 0.250 bits per heavy atom. The molecule has 2 nitrogen and oxygen atoms in total. The smallest absolute Gasteiger partial charge is 0.180 e. The highest BCUT2D eigenvalue weighted by atomic mass is 28.3. The largest absolute Gasteiger partial charge is 0.457 e. The van der Waals surface area contributed by atoms with Gasteiger partial charge in [-0.05, 0) is 131 Å². The summed E-state index contributed by atoms with van der Waals surface area (Å²) in [6.07, 6.45) is 0. The fraction of sp³-hybridized carbons (Fsp3) is 0.0137. The molecule has 0 atom stereocenters. The lowest BCUT2D eigenvalue weighted by Crippen LogP contribution is -2.79. The summed E-state index contributed by atoms with van der Waals surface area (Å²) in [5, 5.41) is 5.53. The Labute approximate surface area is 446 Å². The first-order valence-electron chi connectivity index (χ1n) is 26.2. The van der Waals surface area contributed by atoms with Gasteiger partial charge in [-0.25, -0.2) is 0 Å². The summed E-state index contributed by atoms with van der Waals surface area (Å²) in [4.78, 5) is 2.35. The van der Waals surface area contributed by atoms with Crippen molar-refractivity contribution in [2.75, 3.05) is 4.90 Å². The number of hydrogen-bond donors (Lipinski definition) is 0. The molecule has 0 unspecified atom stereocenters. The first-order chi connectivity index (χ1) is 37.7. The number of hydrogen-bond acceptors (Lipinski definition) is 2. The quantitative estimate of drug-likeness (QED) is 0.134. The molecule has 0 fully saturated rings. The van der Waals surface area contributed by atoms with Crippen molar-refractivity contribution in [2.24, 2.45) is 0 Å². The molecule has 0 saturated carbocycles. The molecule has 0 saturated heterocycles. The molecule has 0 bridgehead atoms. The molecule has 2 aliphatic rings. The Morgan fingerprint density at radius 3 is 1.18 bits per heavy atom. The third kappa shape index (κ3) is 7.31. The normalized spacial score (nSPS) is 13.3. The molecule has 1 spiro atoms. The van der Waals surface area contributed by atoms with Crippen LogP contribution in [0.3, 0.4) is 0 Å². The first kappa shape index (κ1) is 45.1. The lowest BCUT2D eigenvalue weighted by atomic mass is 9.63. The van der Waals surface area contributed by atoms with Gasteiger partial charge in [0.2, 0.25) is 0 Å². The fourth-order valence-electron chi connectivity index (χ4n) is 12.5. The molecule has 0 amide bonds. The van der Waals surface area contributed by atoms with Crippen LogP contribution in [0.4, 0.5) is 17.1 Å². The van der Waals surface area contributed by atoms with Gasteiger partial charge in [-0.15, -0.1) is 0 Å². The number of anilines is 3. The molecular weight excluding hydrogens is 935 g/mol. The molecule has 0 radical (unpaired) electrons. The second-order valence-corrected chi connectivity index (χ2v) is 23.7. The lowest BCUT2D eigenvalue weighted by Gasteiger charge is -2.51. The molecule has 0 N–H and O–H groups in total. The van der Waals surface area contributed by atoms with Crippen LogP contribution in [0, 0.1) is 0 Å². The average Bonchev–Trinajstić information content (AvgIpc) is 3.57. The lowest BCUT2D eigenvalue weighted by molar-refractivity contribution is 0.435. The maximum atomic E-state index is 6.84. The molecule has 14 rings (SSSR count). The van der Waals surface area contributed by atoms with Crippen LogP contribution in [0.5, 0.6) is 11.5 Å². The maximum absolute atomic E-state index is 6.84. The minimum Gasteiger partial charge on any atom is -0.457 e. The highest BCUT2D eigenvalue weighted by Gasteiger charge is 2.57. The summed E-state index contributed by atoms with van der Waals surface area (Å²) in [6.45, 7) is 0. The number of para-hydroxylation sites is 3. The zero-order valence-electron chi connectivity index (χ0n) is 41.8. The van der Waals surface area contributed by atoms with E-state index in [2.05, 4.69) is 314 Å². The van der Waals surface area contributed by atoms with Crippen LogP contribution in [0.1, 0.15) is 22.3 Å². The van der Waals surface area contributed by atoms with Crippen molar-refractivity contribution >= 4 is 45.9 Å². The van der Waals surface area contributed by atoms with Gasteiger partial charge in [-0.1, -0.05) is 255 Å². The van der Waals surface area contributed by atoms with Gasteiger partial charge in [-0.2, -0.15) is 0 Å². The average molecular weight is 986 g/mol. The third-order valence-corrected chi connectivity index (χ3v) is 20.8. The maximum Gasteiger partial charge on any atom is 0.180 e. The van der Waals surface area contributed by atoms with Gasteiger partial charge in [0.25, 0.3) is 0 Å². The van der Waals surface area contributed by atoms with Gasteiger partial charge >= 0.3 is 0 Å². The van der Waals surface area contributed by atoms with E-state index in [0.29, 0.717) is 0 Å². The van der Waals surface area contributed by atoms with E-state index >= 15 is 0 Å². The standard InChI is InChI=1S/C73H51NOSi/c1-5-20-52(21-6-1)53-36-38-54(39-37-53)55-44-47-61(48-45-55)74(60-23-7-2-8-24-60)62-25-19-22-58(50-62)56-40-42-57(43-41-56)59-46-49-72-68(51-59)73(65-30-13-16-33-69(65)75-70-34-17-14-31-66(70)73)67-32-15-18-35-71(67)76(72,63-26-9-3-10-27-63)64-28-11-4-12-29-64/h1-51H. The fourth-order valence-corrected chi connectivity index (χ4v) is 17.8. The van der Waals surface area contributed by atoms with Crippen molar-refractivity contribution < 1.29 is 4.74 Å². The van der Waals surface area contributed by atoms with Crippen LogP contribution >= 0.6 is 0 Å². The SMILES string of the molecule is c1ccc(-c2ccc(-c3ccc(N(c4ccccc4)c4cccc(-c5ccc(-c6ccc7c(c6)C6(c8ccccc8Oc8ccccc86)c6ccccc6[Si]7(c6ccccc6)c6ccccc6)cc5)c4)cc3)cc2)cc1. The number of fused-ring (bicyclic) bond motifs is 8. The van der Waals surface area contributed by atoms with E-state index in [0.717, 1.165) is 56.4 Å². The summed E-state index contributed by atoms with van der Waals surface area (Å²) in [6, 6.07) is 114. The van der Waals surface area contributed by atoms with E-state index in [1.165, 1.54) is 59.7 Å². The van der Waals surface area contributed by atoms with Gasteiger partial charge < -0.3 is 9.64 Å². The second-order valence-electron chi connectivity index (χ2n) is 19.9. The summed E-state index contributed by atoms with van der Waals surface area (Å²) in [5.41, 5.74) is 17.0. The van der Waals surface area contributed by atoms with Gasteiger partial charge in [0.1, 0.15) is 11.5 Å². The Balaban J connectivity index is 0.876. The summed E-state index contributed by atoms with van der Waals surface area (Å²) in [5.74, 6) is 1.78. The van der Waals surface area contributed by atoms with Gasteiger partial charge in [0.15, 0.2) is 8.07 Å². The molecule has 0 aromatic heterocycles. The van der Waals surface area contributed by atoms with Crippen LogP contribution in [-0.4, -0.2) is 8.07 Å². The molecule has 2 aliphatic heterocycles. The Kier molecular flexibility index (Phi) is 11.1. The number of benzene rings is 12. The van der Waals surface area contributed by atoms with Gasteiger partial charge in [0.05, 0.1) is 5.41 Å². The molecule has 3 heteroatoms. The summed E-state index contributed by atoms with van der Waals surface area (Å²) >= 11 is 0. The van der Waals surface area contributed by atoms with Crippen molar-refractivity contribution in [1.29, 1.82) is 0 Å². The van der Waals surface area contributed by atoms with Crippen molar-refractivity contribution in [3.05, 3.63) is 332 Å². The minimum absolute atomic E-state index is 0.660. The predicted octanol–water partition coefficient (Wildman–Crippen LogP) is 16.0. The summed E-state index contributed by atoms with van der Waals surface area (Å²) in [7, 11) is -2.95. The van der Waals surface area contributed by atoms with E-state index in [9.17, 15) is 0 Å². The van der Waals surface area contributed by atoms with Gasteiger partial charge in [0, 0.05) is 28.2 Å². The molecule has 76 heavy (non-hydrogen) atoms. The topological polar surface area (TPSA) is 12.5 Å². The van der Waals surface area contributed by atoms with Crippen LogP contribution in [0.15, 0.2) is 309 Å². The van der Waals surface area contributed by atoms with E-state index in [4.69, 9.17) is 4.74 Å². The van der Waals surface area contributed by atoms with Gasteiger partial charge in [-0.3, -0.25) is 0 Å². The third-order valence-electron chi connectivity index (χ3n) is 15.9. The molecule has 12 aromatic rings. The Hall–Kier alpha value is -9.54. The van der Waals surface area contributed by atoms with Crippen LogP contribution in [0.2, 0.25) is 0 Å². The number of nitrogens with zero attached hydrogens (tertiary/aromatic N) is 1. The van der Waals surface area contributed by atoms with Crippen LogP contribution in [-0.2, 0) is 5.41 Å². The number of rotatable bonds is 9. The molecule has 0 aliphatic carbocycles. The van der Waals surface area contributed by atoms with Crippen molar-refractivity contribution in [2.45, 2.75) is 5.41 Å². The zero-order valence-corrected chi connectivity index (χ0v) is 42.8. The predicted molar refractivity (Wildman–Crippen MR) is 318 cm³/mol. The molecule has 12 aromatic carbocycles. The second kappa shape index (κ2) is 18.7. The zero-order chi connectivity index (χ0) is 50.5. The molecule has 358 valence electrons. The first-order valence-corrected chi connectivity index (χ1v) is 28.2. The van der Waals surface area contributed by atoms with Crippen LogP contribution in [0.25, 0.3) is 44.5 Å². The van der Waals surface area contributed by atoms with Crippen molar-refractivity contribution in [3.63, 3.8) is 0 Å². The van der Waals surface area contributed by atoms with E-state index in [1.54, 1.807) is 0 Å². The minimum atomic E-state index is -2.95. The highest BCUT2D eigenvalue weighted by Crippen LogP contribution is 2.56. The van der Waals surface area contributed by atoms with Crippen molar-refractivity contribution in [3.8, 4) is 56.0 Å².